The van der Waals surface area contributed by atoms with E-state index in [0.717, 1.165) is 0 Å². The summed E-state index contributed by atoms with van der Waals surface area (Å²) in [5.41, 5.74) is 0. The lowest BCUT2D eigenvalue weighted by atomic mass is 10.1. The third kappa shape index (κ3) is 6.68. The summed E-state index contributed by atoms with van der Waals surface area (Å²) in [5.74, 6) is -1.87. The average Bonchev–Trinajstić information content (AvgIpc) is 2.20. The summed E-state index contributed by atoms with van der Waals surface area (Å²) in [6.45, 7) is 4.41. The molecule has 0 aliphatic heterocycles. The van der Waals surface area contributed by atoms with Gasteiger partial charge in [-0.2, -0.15) is 0 Å². The Hall–Kier alpha value is -1.43. The maximum atomic E-state index is 11.0. The molecule has 0 aromatic heterocycles. The highest BCUT2D eigenvalue weighted by Crippen LogP contribution is 2.09. The Labute approximate surface area is 100 Å². The predicted octanol–water partition coefficient (Wildman–Crippen LogP) is 0.461. The van der Waals surface area contributed by atoms with Crippen LogP contribution in [-0.2, 0) is 14.4 Å². The number of aldehydes is 1. The first-order valence-electron chi connectivity index (χ1n) is 5.50. The predicted molar refractivity (Wildman–Crippen MR) is 60.8 cm³/mol. The third-order valence-electron chi connectivity index (χ3n) is 2.26. The molecule has 1 unspecified atom stereocenters. The summed E-state index contributed by atoms with van der Waals surface area (Å²) >= 11 is 0. The van der Waals surface area contributed by atoms with Crippen molar-refractivity contribution in [2.24, 2.45) is 5.92 Å². The van der Waals surface area contributed by atoms with Crippen molar-refractivity contribution in [3.63, 3.8) is 0 Å². The second-order valence-corrected chi connectivity index (χ2v) is 4.29. The number of carbonyl (C=O) groups excluding carboxylic acids is 1. The normalized spacial score (nSPS) is 12.7. The number of rotatable bonds is 9. The molecule has 0 bridgehead atoms. The van der Waals surface area contributed by atoms with Crippen molar-refractivity contribution in [2.75, 3.05) is 13.1 Å². The van der Waals surface area contributed by atoms with E-state index in [1.54, 1.807) is 0 Å². The molecule has 0 fully saturated rings. The molecular formula is C11H19NO5. The average molecular weight is 245 g/mol. The van der Waals surface area contributed by atoms with E-state index in [-0.39, 0.29) is 25.3 Å². The van der Waals surface area contributed by atoms with Crippen LogP contribution in [0.3, 0.4) is 0 Å². The molecule has 0 aromatic rings. The van der Waals surface area contributed by atoms with Gasteiger partial charge in [-0.05, 0) is 5.92 Å². The molecule has 0 saturated carbocycles. The van der Waals surface area contributed by atoms with Crippen molar-refractivity contribution in [1.29, 1.82) is 0 Å². The van der Waals surface area contributed by atoms with E-state index in [1.807, 2.05) is 13.8 Å². The fraction of sp³-hybridized carbons (Fsp3) is 0.727. The van der Waals surface area contributed by atoms with Crippen LogP contribution >= 0.6 is 0 Å². The van der Waals surface area contributed by atoms with E-state index in [1.165, 1.54) is 4.90 Å². The highest BCUT2D eigenvalue weighted by Gasteiger charge is 2.25. The number of hydrogen-bond donors (Lipinski definition) is 2. The lowest BCUT2D eigenvalue weighted by Crippen LogP contribution is -2.44. The van der Waals surface area contributed by atoms with Crippen LogP contribution < -0.4 is 0 Å². The number of carboxylic acids is 2. The Morgan fingerprint density at radius 1 is 1.29 bits per heavy atom. The van der Waals surface area contributed by atoms with Gasteiger partial charge in [-0.15, -0.1) is 0 Å². The van der Waals surface area contributed by atoms with Crippen molar-refractivity contribution < 1.29 is 24.6 Å². The molecule has 6 heteroatoms. The quantitative estimate of drug-likeness (QED) is 0.573. The Morgan fingerprint density at radius 2 is 1.88 bits per heavy atom. The van der Waals surface area contributed by atoms with Gasteiger partial charge in [0.25, 0.3) is 0 Å². The molecule has 2 N–H and O–H groups in total. The number of carboxylic acid groups (broad SMARTS) is 2. The standard InChI is InChI=1S/C11H19NO5/c1-8(2)7-12(5-3-10(14)15)9(4-6-13)11(16)17/h6,8-9H,3-5,7H2,1-2H3,(H,14,15)(H,16,17). The van der Waals surface area contributed by atoms with Crippen LogP contribution in [0, 0.1) is 5.92 Å². The van der Waals surface area contributed by atoms with E-state index in [2.05, 4.69) is 0 Å². The van der Waals surface area contributed by atoms with Gasteiger partial charge in [-0.25, -0.2) is 0 Å². The smallest absolute Gasteiger partial charge is 0.321 e. The molecule has 6 nitrogen and oxygen atoms in total. The molecule has 0 radical (unpaired) electrons. The van der Waals surface area contributed by atoms with Gasteiger partial charge < -0.3 is 15.0 Å². The van der Waals surface area contributed by atoms with Crippen LogP contribution in [0.5, 0.6) is 0 Å². The van der Waals surface area contributed by atoms with Crippen molar-refractivity contribution in [3.05, 3.63) is 0 Å². The van der Waals surface area contributed by atoms with E-state index in [0.29, 0.717) is 12.8 Å². The Morgan fingerprint density at radius 3 is 2.24 bits per heavy atom. The lowest BCUT2D eigenvalue weighted by molar-refractivity contribution is -0.146. The zero-order valence-electron chi connectivity index (χ0n) is 10.1. The van der Waals surface area contributed by atoms with Gasteiger partial charge in [-0.3, -0.25) is 14.5 Å². The second-order valence-electron chi connectivity index (χ2n) is 4.29. The number of nitrogens with zero attached hydrogens (tertiary/aromatic N) is 1. The zero-order chi connectivity index (χ0) is 13.4. The van der Waals surface area contributed by atoms with Crippen LogP contribution in [0.25, 0.3) is 0 Å². The minimum Gasteiger partial charge on any atom is -0.481 e. The van der Waals surface area contributed by atoms with Crippen LogP contribution in [0.15, 0.2) is 0 Å². The molecule has 0 aromatic carbocycles. The largest absolute Gasteiger partial charge is 0.481 e. The Balaban J connectivity index is 4.64. The summed E-state index contributed by atoms with van der Waals surface area (Å²) in [4.78, 5) is 33.5. The molecule has 17 heavy (non-hydrogen) atoms. The number of carbonyl (C=O) groups is 3. The number of aliphatic carboxylic acids is 2. The van der Waals surface area contributed by atoms with Gasteiger partial charge in [0.05, 0.1) is 6.42 Å². The van der Waals surface area contributed by atoms with Gasteiger partial charge in [0.15, 0.2) is 0 Å². The Kier molecular flexibility index (Phi) is 7.13. The van der Waals surface area contributed by atoms with Crippen LogP contribution in [0.2, 0.25) is 0 Å². The van der Waals surface area contributed by atoms with Gasteiger partial charge in [-0.1, -0.05) is 13.8 Å². The minimum absolute atomic E-state index is 0.123. The molecule has 0 aliphatic carbocycles. The maximum Gasteiger partial charge on any atom is 0.321 e. The summed E-state index contributed by atoms with van der Waals surface area (Å²) in [6.07, 6.45) is 0.296. The van der Waals surface area contributed by atoms with E-state index in [4.69, 9.17) is 10.2 Å². The van der Waals surface area contributed by atoms with Crippen LogP contribution in [-0.4, -0.2) is 52.5 Å². The van der Waals surface area contributed by atoms with Crippen LogP contribution in [0.1, 0.15) is 26.7 Å². The second kappa shape index (κ2) is 7.78. The first kappa shape index (κ1) is 15.6. The van der Waals surface area contributed by atoms with E-state index < -0.39 is 18.0 Å². The summed E-state index contributed by atoms with van der Waals surface area (Å²) in [5, 5.41) is 17.6. The molecule has 0 heterocycles. The molecule has 0 amide bonds. The SMILES string of the molecule is CC(C)CN(CCC(=O)O)C(CC=O)C(=O)O. The van der Waals surface area contributed by atoms with Gasteiger partial charge in [0, 0.05) is 19.5 Å². The van der Waals surface area contributed by atoms with Gasteiger partial charge in [0.2, 0.25) is 0 Å². The number of hydrogen-bond acceptors (Lipinski definition) is 4. The summed E-state index contributed by atoms with van der Waals surface area (Å²) < 4.78 is 0. The third-order valence-corrected chi connectivity index (χ3v) is 2.26. The summed E-state index contributed by atoms with van der Waals surface area (Å²) in [6, 6.07) is -0.936. The first-order chi connectivity index (χ1) is 7.88. The molecule has 0 spiro atoms. The topological polar surface area (TPSA) is 94.9 Å². The lowest BCUT2D eigenvalue weighted by Gasteiger charge is -2.28. The van der Waals surface area contributed by atoms with Gasteiger partial charge in [0.1, 0.15) is 12.3 Å². The highest BCUT2D eigenvalue weighted by molar-refractivity contribution is 5.77. The van der Waals surface area contributed by atoms with E-state index in [9.17, 15) is 14.4 Å². The van der Waals surface area contributed by atoms with Crippen molar-refractivity contribution in [2.45, 2.75) is 32.7 Å². The van der Waals surface area contributed by atoms with Crippen LogP contribution in [0.4, 0.5) is 0 Å². The van der Waals surface area contributed by atoms with E-state index >= 15 is 0 Å². The molecule has 98 valence electrons. The maximum absolute atomic E-state index is 11.0. The Bertz CT molecular complexity index is 277. The monoisotopic (exact) mass is 245 g/mol. The van der Waals surface area contributed by atoms with Gasteiger partial charge >= 0.3 is 11.9 Å². The minimum atomic E-state index is -1.09. The molecule has 0 saturated heterocycles. The van der Waals surface area contributed by atoms with Crippen molar-refractivity contribution >= 4 is 18.2 Å². The molecule has 0 aliphatic rings. The van der Waals surface area contributed by atoms with Crippen molar-refractivity contribution in [1.82, 2.24) is 4.90 Å². The molecule has 1 atom stereocenters. The van der Waals surface area contributed by atoms with Crippen molar-refractivity contribution in [3.8, 4) is 0 Å². The first-order valence-corrected chi connectivity index (χ1v) is 5.50. The highest BCUT2D eigenvalue weighted by atomic mass is 16.4. The fourth-order valence-corrected chi connectivity index (χ4v) is 1.58. The molecular weight excluding hydrogens is 226 g/mol. The summed E-state index contributed by atoms with van der Waals surface area (Å²) in [7, 11) is 0. The molecule has 0 rings (SSSR count). The fourth-order valence-electron chi connectivity index (χ4n) is 1.58. The zero-order valence-corrected chi connectivity index (χ0v) is 10.1.